The number of carbonyl (C=O) groups excluding carboxylic acids is 1. The maximum Gasteiger partial charge on any atom is 0.271 e. The van der Waals surface area contributed by atoms with Crippen molar-refractivity contribution in [3.05, 3.63) is 23.1 Å². The Hall–Kier alpha value is -2.68. The highest BCUT2D eigenvalue weighted by Crippen LogP contribution is 2.39. The monoisotopic (exact) mass is 305 g/mol. The van der Waals surface area contributed by atoms with E-state index in [1.165, 1.54) is 18.4 Å². The second-order valence-corrected chi connectivity index (χ2v) is 5.08. The van der Waals surface area contributed by atoms with Crippen LogP contribution in [0.4, 0.5) is 5.95 Å². The minimum atomic E-state index is -0.342. The molecule has 0 bridgehead atoms. The summed E-state index contributed by atoms with van der Waals surface area (Å²) < 4.78 is 11.5. The van der Waals surface area contributed by atoms with Crippen molar-refractivity contribution in [2.75, 3.05) is 19.5 Å². The molecular formula is C12H11N5O3S. The summed E-state index contributed by atoms with van der Waals surface area (Å²) in [5.74, 6) is 1.03. The fraction of sp³-hybridized carbons (Fsp3) is 0.167. The van der Waals surface area contributed by atoms with Gasteiger partial charge in [-0.25, -0.2) is 5.10 Å². The fourth-order valence-electron chi connectivity index (χ4n) is 1.91. The zero-order chi connectivity index (χ0) is 14.8. The second kappa shape index (κ2) is 5.37. The van der Waals surface area contributed by atoms with E-state index in [2.05, 4.69) is 25.9 Å². The molecule has 3 aromatic rings. The van der Waals surface area contributed by atoms with E-state index in [9.17, 15) is 4.79 Å². The summed E-state index contributed by atoms with van der Waals surface area (Å²) in [5, 5.41) is 16.3. The molecule has 0 saturated heterocycles. The van der Waals surface area contributed by atoms with Gasteiger partial charge in [0.15, 0.2) is 0 Å². The molecule has 0 unspecified atom stereocenters. The average Bonchev–Trinajstić information content (AvgIpc) is 3.12. The Bertz CT molecular complexity index is 784. The number of benzene rings is 1. The maximum atomic E-state index is 12.3. The molecule has 0 atom stereocenters. The number of H-pyrrole nitrogens is 1. The molecule has 0 aliphatic heterocycles. The van der Waals surface area contributed by atoms with Gasteiger partial charge in [-0.05, 0) is 28.6 Å². The molecule has 2 N–H and O–H groups in total. The van der Waals surface area contributed by atoms with Crippen LogP contribution in [0.3, 0.4) is 0 Å². The number of ether oxygens (including phenoxy) is 2. The first-order valence-corrected chi connectivity index (χ1v) is 6.74. The van der Waals surface area contributed by atoms with Crippen molar-refractivity contribution >= 4 is 33.3 Å². The van der Waals surface area contributed by atoms with E-state index in [4.69, 9.17) is 9.47 Å². The Balaban J connectivity index is 2.03. The standard InChI is InChI=1S/C12H11N5O3S/c1-19-6-3-4-8-7(5-6)9(20-2)10(21-8)11(18)13-12-14-16-17-15-12/h3-5H,1-2H3,(H2,13,14,15,16,17,18). The van der Waals surface area contributed by atoms with E-state index in [1.807, 2.05) is 18.2 Å². The number of nitrogens with one attached hydrogen (secondary N) is 2. The van der Waals surface area contributed by atoms with Gasteiger partial charge in [0.25, 0.3) is 5.91 Å². The lowest BCUT2D eigenvalue weighted by molar-refractivity contribution is 0.102. The zero-order valence-electron chi connectivity index (χ0n) is 11.2. The van der Waals surface area contributed by atoms with Crippen molar-refractivity contribution in [3.63, 3.8) is 0 Å². The first-order valence-electron chi connectivity index (χ1n) is 5.92. The normalized spacial score (nSPS) is 10.6. The molecule has 1 aromatic carbocycles. The molecule has 9 heteroatoms. The lowest BCUT2D eigenvalue weighted by Crippen LogP contribution is -2.12. The van der Waals surface area contributed by atoms with Crippen LogP contribution in [0.15, 0.2) is 18.2 Å². The highest BCUT2D eigenvalue weighted by molar-refractivity contribution is 7.21. The number of nitrogens with zero attached hydrogens (tertiary/aromatic N) is 3. The molecule has 2 aromatic heterocycles. The van der Waals surface area contributed by atoms with Gasteiger partial charge in [0, 0.05) is 10.1 Å². The first kappa shape index (κ1) is 13.3. The number of amides is 1. The van der Waals surface area contributed by atoms with E-state index < -0.39 is 0 Å². The molecule has 108 valence electrons. The molecule has 2 heterocycles. The minimum absolute atomic E-state index is 0.178. The van der Waals surface area contributed by atoms with Gasteiger partial charge in [-0.2, -0.15) is 0 Å². The number of fused-ring (bicyclic) bond motifs is 1. The summed E-state index contributed by atoms with van der Waals surface area (Å²) >= 11 is 1.32. The predicted octanol–water partition coefficient (Wildman–Crippen LogP) is 1.68. The van der Waals surface area contributed by atoms with Crippen LogP contribution >= 0.6 is 11.3 Å². The zero-order valence-corrected chi connectivity index (χ0v) is 12.0. The largest absolute Gasteiger partial charge is 0.497 e. The number of aromatic amines is 1. The van der Waals surface area contributed by atoms with Crippen molar-refractivity contribution < 1.29 is 14.3 Å². The molecular weight excluding hydrogens is 294 g/mol. The summed E-state index contributed by atoms with van der Waals surface area (Å²) in [4.78, 5) is 12.7. The van der Waals surface area contributed by atoms with Crippen molar-refractivity contribution in [1.29, 1.82) is 0 Å². The van der Waals surface area contributed by atoms with Crippen LogP contribution in [-0.2, 0) is 0 Å². The summed E-state index contributed by atoms with van der Waals surface area (Å²) in [5.41, 5.74) is 0. The van der Waals surface area contributed by atoms with Gasteiger partial charge < -0.3 is 9.47 Å². The number of carbonyl (C=O) groups is 1. The highest BCUT2D eigenvalue weighted by atomic mass is 32.1. The Morgan fingerprint density at radius 3 is 2.86 bits per heavy atom. The smallest absolute Gasteiger partial charge is 0.271 e. The van der Waals surface area contributed by atoms with Crippen LogP contribution in [0.1, 0.15) is 9.67 Å². The Morgan fingerprint density at radius 1 is 1.33 bits per heavy atom. The van der Waals surface area contributed by atoms with Gasteiger partial charge in [-0.3, -0.25) is 10.1 Å². The van der Waals surface area contributed by atoms with Crippen molar-refractivity contribution in [3.8, 4) is 11.5 Å². The molecule has 0 fully saturated rings. The van der Waals surface area contributed by atoms with Crippen molar-refractivity contribution in [1.82, 2.24) is 20.6 Å². The summed E-state index contributed by atoms with van der Waals surface area (Å²) in [6, 6.07) is 5.55. The van der Waals surface area contributed by atoms with Crippen molar-refractivity contribution in [2.24, 2.45) is 0 Å². The first-order chi connectivity index (χ1) is 10.2. The Morgan fingerprint density at radius 2 is 2.19 bits per heavy atom. The number of tetrazole rings is 1. The summed E-state index contributed by atoms with van der Waals surface area (Å²) in [6.45, 7) is 0. The molecule has 8 nitrogen and oxygen atoms in total. The van der Waals surface area contributed by atoms with E-state index in [0.717, 1.165) is 10.1 Å². The maximum absolute atomic E-state index is 12.3. The van der Waals surface area contributed by atoms with Gasteiger partial charge in [-0.1, -0.05) is 5.10 Å². The number of aromatic nitrogens is 4. The molecule has 3 rings (SSSR count). The highest BCUT2D eigenvalue weighted by Gasteiger charge is 2.20. The van der Waals surface area contributed by atoms with Gasteiger partial charge >= 0.3 is 0 Å². The molecule has 0 saturated carbocycles. The van der Waals surface area contributed by atoms with Gasteiger partial charge in [0.05, 0.1) is 14.2 Å². The lowest BCUT2D eigenvalue weighted by atomic mass is 10.2. The predicted molar refractivity (Wildman–Crippen MR) is 77.1 cm³/mol. The van der Waals surface area contributed by atoms with Crippen LogP contribution in [0.2, 0.25) is 0 Å². The molecule has 0 spiro atoms. The van der Waals surface area contributed by atoms with Crippen molar-refractivity contribution in [2.45, 2.75) is 0 Å². The van der Waals surface area contributed by atoms with Crippen LogP contribution in [0.25, 0.3) is 10.1 Å². The molecule has 0 aliphatic carbocycles. The Kier molecular flexibility index (Phi) is 3.40. The topological polar surface area (TPSA) is 102 Å². The SMILES string of the molecule is COc1ccc2sc(C(=O)Nc3nnn[nH]3)c(OC)c2c1. The fourth-order valence-corrected chi connectivity index (χ4v) is 2.96. The summed E-state index contributed by atoms with van der Waals surface area (Å²) in [7, 11) is 3.11. The van der Waals surface area contributed by atoms with E-state index in [-0.39, 0.29) is 11.9 Å². The van der Waals surface area contributed by atoms with Gasteiger partial charge in [-0.15, -0.1) is 11.3 Å². The van der Waals surface area contributed by atoms with E-state index >= 15 is 0 Å². The lowest BCUT2D eigenvalue weighted by Gasteiger charge is -2.03. The number of thiophene rings is 1. The van der Waals surface area contributed by atoms with E-state index in [1.54, 1.807) is 7.11 Å². The van der Waals surface area contributed by atoms with Crippen LogP contribution < -0.4 is 14.8 Å². The average molecular weight is 305 g/mol. The van der Waals surface area contributed by atoms with Crippen LogP contribution in [0, 0.1) is 0 Å². The number of rotatable bonds is 4. The number of hydrogen-bond acceptors (Lipinski definition) is 7. The van der Waals surface area contributed by atoms with E-state index in [0.29, 0.717) is 16.4 Å². The van der Waals surface area contributed by atoms with Gasteiger partial charge in [0.2, 0.25) is 5.95 Å². The quantitative estimate of drug-likeness (QED) is 0.760. The van der Waals surface area contributed by atoms with Gasteiger partial charge in [0.1, 0.15) is 16.4 Å². The molecule has 21 heavy (non-hydrogen) atoms. The minimum Gasteiger partial charge on any atom is -0.497 e. The molecule has 1 amide bonds. The third-order valence-corrected chi connectivity index (χ3v) is 3.99. The molecule has 0 aliphatic rings. The number of hydrogen-bond donors (Lipinski definition) is 2. The second-order valence-electron chi connectivity index (χ2n) is 4.03. The Labute approximate surface area is 123 Å². The summed E-state index contributed by atoms with van der Waals surface area (Å²) in [6.07, 6.45) is 0. The number of anilines is 1. The third kappa shape index (κ3) is 2.38. The molecule has 0 radical (unpaired) electrons. The van der Waals surface area contributed by atoms with Crippen LogP contribution in [0.5, 0.6) is 11.5 Å². The third-order valence-electron chi connectivity index (χ3n) is 2.84. The number of methoxy groups -OCH3 is 2. The van der Waals surface area contributed by atoms with Crippen LogP contribution in [-0.4, -0.2) is 40.8 Å².